The fraction of sp³-hybridized carbons (Fsp3) is 0.529. The highest BCUT2D eigenvalue weighted by Crippen LogP contribution is 2.19. The fourth-order valence-electron chi connectivity index (χ4n) is 2.80. The average molecular weight is 349 g/mol. The number of hydrogen-bond donors (Lipinski definition) is 1. The molecule has 2 heterocycles. The number of rotatable bonds is 6. The van der Waals surface area contributed by atoms with Gasteiger partial charge >= 0.3 is 0 Å². The molecule has 5 nitrogen and oxygen atoms in total. The van der Waals surface area contributed by atoms with E-state index in [1.54, 1.807) is 23.5 Å². The molecule has 0 aliphatic carbocycles. The number of hydrogen-bond acceptors (Lipinski definition) is 6. The SMILES string of the molecule is CC(CNc1nnc(Cc2ccc(F)cc2)s1)N1CCN(C)CC1. The first kappa shape index (κ1) is 17.3. The summed E-state index contributed by atoms with van der Waals surface area (Å²) in [5.74, 6) is -0.212. The Balaban J connectivity index is 1.48. The molecule has 24 heavy (non-hydrogen) atoms. The van der Waals surface area contributed by atoms with Crippen molar-refractivity contribution < 1.29 is 4.39 Å². The predicted octanol–water partition coefficient (Wildman–Crippen LogP) is 2.32. The van der Waals surface area contributed by atoms with Crippen LogP contribution >= 0.6 is 11.3 Å². The Bertz CT molecular complexity index is 637. The summed E-state index contributed by atoms with van der Waals surface area (Å²) in [6.07, 6.45) is 0.688. The molecule has 0 radical (unpaired) electrons. The van der Waals surface area contributed by atoms with Crippen LogP contribution in [0.25, 0.3) is 0 Å². The van der Waals surface area contributed by atoms with Crippen LogP contribution in [0, 0.1) is 5.82 Å². The van der Waals surface area contributed by atoms with E-state index in [0.717, 1.165) is 48.4 Å². The molecule has 130 valence electrons. The van der Waals surface area contributed by atoms with E-state index in [0.29, 0.717) is 12.5 Å². The third-order valence-electron chi connectivity index (χ3n) is 4.45. The minimum absolute atomic E-state index is 0.212. The summed E-state index contributed by atoms with van der Waals surface area (Å²) in [5.41, 5.74) is 1.05. The van der Waals surface area contributed by atoms with Crippen LogP contribution in [-0.4, -0.2) is 65.8 Å². The van der Waals surface area contributed by atoms with Crippen LogP contribution in [0.1, 0.15) is 17.5 Å². The summed E-state index contributed by atoms with van der Waals surface area (Å²) >= 11 is 1.57. The summed E-state index contributed by atoms with van der Waals surface area (Å²) in [7, 11) is 2.17. The van der Waals surface area contributed by atoms with Gasteiger partial charge in [-0.1, -0.05) is 23.5 Å². The molecular weight excluding hydrogens is 325 g/mol. The number of anilines is 1. The molecule has 1 fully saturated rings. The van der Waals surface area contributed by atoms with Crippen LogP contribution in [0.5, 0.6) is 0 Å². The number of benzene rings is 1. The highest BCUT2D eigenvalue weighted by molar-refractivity contribution is 7.15. The molecule has 0 saturated carbocycles. The smallest absolute Gasteiger partial charge is 0.205 e. The quantitative estimate of drug-likeness (QED) is 0.867. The van der Waals surface area contributed by atoms with Crippen LogP contribution in [0.15, 0.2) is 24.3 Å². The highest BCUT2D eigenvalue weighted by atomic mass is 32.1. The van der Waals surface area contributed by atoms with Gasteiger partial charge < -0.3 is 10.2 Å². The van der Waals surface area contributed by atoms with E-state index in [1.165, 1.54) is 12.1 Å². The van der Waals surface area contributed by atoms with Gasteiger partial charge in [0.05, 0.1) is 0 Å². The topological polar surface area (TPSA) is 44.3 Å². The van der Waals surface area contributed by atoms with Crippen molar-refractivity contribution in [1.29, 1.82) is 0 Å². The van der Waals surface area contributed by atoms with Gasteiger partial charge in [0.25, 0.3) is 0 Å². The lowest BCUT2D eigenvalue weighted by atomic mass is 10.2. The van der Waals surface area contributed by atoms with Crippen molar-refractivity contribution in [2.45, 2.75) is 19.4 Å². The second kappa shape index (κ2) is 8.00. The van der Waals surface area contributed by atoms with Crippen LogP contribution in [0.4, 0.5) is 9.52 Å². The number of aromatic nitrogens is 2. The molecule has 1 unspecified atom stereocenters. The summed E-state index contributed by atoms with van der Waals surface area (Å²) in [5, 5.41) is 13.6. The van der Waals surface area contributed by atoms with Gasteiger partial charge in [0.2, 0.25) is 5.13 Å². The van der Waals surface area contributed by atoms with Gasteiger partial charge in [-0.2, -0.15) is 0 Å². The zero-order valence-corrected chi connectivity index (χ0v) is 15.0. The van der Waals surface area contributed by atoms with Crippen LogP contribution < -0.4 is 5.32 Å². The van der Waals surface area contributed by atoms with E-state index in [4.69, 9.17) is 0 Å². The Labute approximate surface area is 146 Å². The lowest BCUT2D eigenvalue weighted by molar-refractivity contribution is 0.123. The third-order valence-corrected chi connectivity index (χ3v) is 5.33. The monoisotopic (exact) mass is 349 g/mol. The molecule has 1 aromatic carbocycles. The van der Waals surface area contributed by atoms with Gasteiger partial charge in [-0.15, -0.1) is 10.2 Å². The molecule has 0 amide bonds. The third kappa shape index (κ3) is 4.72. The van der Waals surface area contributed by atoms with Crippen LogP contribution in [0.3, 0.4) is 0 Å². The number of nitrogens with one attached hydrogen (secondary N) is 1. The van der Waals surface area contributed by atoms with E-state index < -0.39 is 0 Å². The Morgan fingerprint density at radius 1 is 1.17 bits per heavy atom. The van der Waals surface area contributed by atoms with Crippen molar-refractivity contribution in [3.8, 4) is 0 Å². The molecule has 1 aliphatic rings. The molecule has 1 aliphatic heterocycles. The van der Waals surface area contributed by atoms with Crippen molar-refractivity contribution in [2.75, 3.05) is 45.1 Å². The fourth-order valence-corrected chi connectivity index (χ4v) is 3.58. The van der Waals surface area contributed by atoms with Gasteiger partial charge in [0.15, 0.2) is 0 Å². The first-order chi connectivity index (χ1) is 11.6. The van der Waals surface area contributed by atoms with E-state index in [1.807, 2.05) is 0 Å². The Morgan fingerprint density at radius 2 is 1.88 bits per heavy atom. The van der Waals surface area contributed by atoms with Crippen LogP contribution in [0.2, 0.25) is 0 Å². The Morgan fingerprint density at radius 3 is 2.58 bits per heavy atom. The second-order valence-electron chi connectivity index (χ2n) is 6.37. The lowest BCUT2D eigenvalue weighted by Gasteiger charge is -2.36. The maximum absolute atomic E-state index is 12.9. The van der Waals surface area contributed by atoms with Crippen molar-refractivity contribution in [3.05, 3.63) is 40.7 Å². The minimum atomic E-state index is -0.212. The van der Waals surface area contributed by atoms with Gasteiger partial charge in [0.1, 0.15) is 10.8 Å². The summed E-state index contributed by atoms with van der Waals surface area (Å²) < 4.78 is 12.9. The highest BCUT2D eigenvalue weighted by Gasteiger charge is 2.19. The zero-order valence-electron chi connectivity index (χ0n) is 14.2. The van der Waals surface area contributed by atoms with Gasteiger partial charge in [-0.05, 0) is 31.7 Å². The molecule has 1 atom stereocenters. The molecule has 7 heteroatoms. The van der Waals surface area contributed by atoms with Gasteiger partial charge in [0, 0.05) is 45.2 Å². The zero-order chi connectivity index (χ0) is 16.9. The molecule has 0 bridgehead atoms. The number of halogens is 1. The molecule has 2 aromatic rings. The molecule has 1 N–H and O–H groups in total. The molecule has 1 saturated heterocycles. The van der Waals surface area contributed by atoms with E-state index in [9.17, 15) is 4.39 Å². The van der Waals surface area contributed by atoms with E-state index >= 15 is 0 Å². The first-order valence-electron chi connectivity index (χ1n) is 8.33. The van der Waals surface area contributed by atoms with Crippen LogP contribution in [-0.2, 0) is 6.42 Å². The maximum Gasteiger partial charge on any atom is 0.205 e. The van der Waals surface area contributed by atoms with Crippen molar-refractivity contribution in [1.82, 2.24) is 20.0 Å². The van der Waals surface area contributed by atoms with E-state index in [2.05, 4.69) is 39.3 Å². The second-order valence-corrected chi connectivity index (χ2v) is 7.44. The lowest BCUT2D eigenvalue weighted by Crippen LogP contribution is -2.49. The molecular formula is C17H24FN5S. The predicted molar refractivity (Wildman–Crippen MR) is 96.1 cm³/mol. The summed E-state index contributed by atoms with van der Waals surface area (Å²) in [6, 6.07) is 7.02. The maximum atomic E-state index is 12.9. The number of nitrogens with zero attached hydrogens (tertiary/aromatic N) is 4. The molecule has 0 spiro atoms. The van der Waals surface area contributed by atoms with Crippen molar-refractivity contribution in [3.63, 3.8) is 0 Å². The van der Waals surface area contributed by atoms with Gasteiger partial charge in [-0.25, -0.2) is 4.39 Å². The summed E-state index contributed by atoms with van der Waals surface area (Å²) in [6.45, 7) is 7.61. The largest absolute Gasteiger partial charge is 0.359 e. The average Bonchev–Trinajstić information content (AvgIpc) is 3.03. The van der Waals surface area contributed by atoms with E-state index in [-0.39, 0.29) is 5.82 Å². The first-order valence-corrected chi connectivity index (χ1v) is 9.15. The van der Waals surface area contributed by atoms with Crippen molar-refractivity contribution in [2.24, 2.45) is 0 Å². The minimum Gasteiger partial charge on any atom is -0.359 e. The Hall–Kier alpha value is -1.57. The van der Waals surface area contributed by atoms with Crippen molar-refractivity contribution >= 4 is 16.5 Å². The standard InChI is InChI=1S/C17H24FN5S/c1-13(23-9-7-22(2)8-10-23)12-19-17-21-20-16(24-17)11-14-3-5-15(18)6-4-14/h3-6,13H,7-12H2,1-2H3,(H,19,21). The molecule has 1 aromatic heterocycles. The van der Waals surface area contributed by atoms with Gasteiger partial charge in [-0.3, -0.25) is 4.90 Å². The Kier molecular flexibility index (Phi) is 5.76. The number of likely N-dealkylation sites (N-methyl/N-ethyl adjacent to an activating group) is 1. The normalized spacial score (nSPS) is 17.8. The number of piperazine rings is 1. The molecule has 3 rings (SSSR count). The summed E-state index contributed by atoms with van der Waals surface area (Å²) in [4.78, 5) is 4.87.